The first kappa shape index (κ1) is 9.10. The van der Waals surface area contributed by atoms with Crippen LogP contribution in [0.5, 0.6) is 0 Å². The van der Waals surface area contributed by atoms with Gasteiger partial charge in [0.25, 0.3) is 0 Å². The number of aliphatic imine (C=N–C) groups is 1. The summed E-state index contributed by atoms with van der Waals surface area (Å²) in [7, 11) is 0. The van der Waals surface area contributed by atoms with Crippen LogP contribution < -0.4 is 0 Å². The van der Waals surface area contributed by atoms with E-state index in [1.165, 1.54) is 0 Å². The van der Waals surface area contributed by atoms with Gasteiger partial charge in [0.15, 0.2) is 0 Å². The van der Waals surface area contributed by atoms with Crippen molar-refractivity contribution in [3.8, 4) is 0 Å². The van der Waals surface area contributed by atoms with Gasteiger partial charge in [-0.15, -0.1) is 0 Å². The third-order valence-corrected chi connectivity index (χ3v) is 1.46. The number of ether oxygens (including phenoxy) is 2. The molecule has 0 aromatic rings. The highest BCUT2D eigenvalue weighted by molar-refractivity contribution is 5.88. The molecule has 0 amide bonds. The van der Waals surface area contributed by atoms with E-state index in [9.17, 15) is 0 Å². The summed E-state index contributed by atoms with van der Waals surface area (Å²) in [6, 6.07) is 0. The zero-order chi connectivity index (χ0) is 9.03. The Hall–Kier alpha value is -0.990. The second-order valence-electron chi connectivity index (χ2n) is 3.31. The van der Waals surface area contributed by atoms with Crippen LogP contribution in [-0.2, 0) is 9.47 Å². The molecule has 0 radical (unpaired) electrons. The topological polar surface area (TPSA) is 30.8 Å². The molecule has 0 bridgehead atoms. The van der Waals surface area contributed by atoms with Crippen molar-refractivity contribution in [2.75, 3.05) is 13.2 Å². The van der Waals surface area contributed by atoms with E-state index in [1.807, 2.05) is 20.8 Å². The van der Waals surface area contributed by atoms with Crippen LogP contribution in [-0.4, -0.2) is 24.7 Å². The van der Waals surface area contributed by atoms with Gasteiger partial charge in [0.2, 0.25) is 5.90 Å². The molecule has 0 aromatic heterocycles. The molecule has 0 fully saturated rings. The van der Waals surface area contributed by atoms with Crippen LogP contribution in [0.15, 0.2) is 17.3 Å². The fourth-order valence-corrected chi connectivity index (χ4v) is 0.901. The standard InChI is InChI=1S/C9H15NO2/c1-4-11-6-5-8-10-9(2,3)7-12-8/h5-6H,4,7H2,1-3H3/b6-5+. The zero-order valence-corrected chi connectivity index (χ0v) is 7.83. The van der Waals surface area contributed by atoms with Crippen molar-refractivity contribution in [1.82, 2.24) is 0 Å². The summed E-state index contributed by atoms with van der Waals surface area (Å²) in [4.78, 5) is 4.32. The summed E-state index contributed by atoms with van der Waals surface area (Å²) in [6.07, 6.45) is 3.36. The lowest BCUT2D eigenvalue weighted by Crippen LogP contribution is -2.17. The first-order valence-corrected chi connectivity index (χ1v) is 4.15. The van der Waals surface area contributed by atoms with Crippen molar-refractivity contribution in [3.05, 3.63) is 12.3 Å². The monoisotopic (exact) mass is 169 g/mol. The van der Waals surface area contributed by atoms with E-state index in [4.69, 9.17) is 9.47 Å². The van der Waals surface area contributed by atoms with Gasteiger partial charge in [0.05, 0.1) is 18.4 Å². The summed E-state index contributed by atoms with van der Waals surface area (Å²) in [5.74, 6) is 0.661. The molecular formula is C9H15NO2. The molecule has 0 unspecified atom stereocenters. The molecule has 0 atom stereocenters. The quantitative estimate of drug-likeness (QED) is 0.602. The van der Waals surface area contributed by atoms with Crippen molar-refractivity contribution < 1.29 is 9.47 Å². The third-order valence-electron chi connectivity index (χ3n) is 1.46. The van der Waals surface area contributed by atoms with Gasteiger partial charge >= 0.3 is 0 Å². The van der Waals surface area contributed by atoms with Crippen molar-refractivity contribution in [3.63, 3.8) is 0 Å². The number of rotatable bonds is 3. The Labute approximate surface area is 73.1 Å². The van der Waals surface area contributed by atoms with Gasteiger partial charge in [-0.3, -0.25) is 0 Å². The molecule has 1 aliphatic heterocycles. The Morgan fingerprint density at radius 2 is 2.42 bits per heavy atom. The highest BCUT2D eigenvalue weighted by Crippen LogP contribution is 2.16. The zero-order valence-electron chi connectivity index (χ0n) is 7.83. The van der Waals surface area contributed by atoms with E-state index >= 15 is 0 Å². The van der Waals surface area contributed by atoms with Gasteiger partial charge in [0, 0.05) is 6.08 Å². The van der Waals surface area contributed by atoms with Crippen LogP contribution in [0, 0.1) is 0 Å². The van der Waals surface area contributed by atoms with Gasteiger partial charge < -0.3 is 9.47 Å². The first-order chi connectivity index (χ1) is 5.64. The third kappa shape index (κ3) is 2.57. The summed E-state index contributed by atoms with van der Waals surface area (Å²) < 4.78 is 10.3. The lowest BCUT2D eigenvalue weighted by Gasteiger charge is -2.07. The van der Waals surface area contributed by atoms with Gasteiger partial charge in [-0.05, 0) is 20.8 Å². The second kappa shape index (κ2) is 3.61. The van der Waals surface area contributed by atoms with Gasteiger partial charge in [-0.25, -0.2) is 4.99 Å². The molecule has 1 aliphatic rings. The van der Waals surface area contributed by atoms with Gasteiger partial charge in [-0.2, -0.15) is 0 Å². The molecular weight excluding hydrogens is 154 g/mol. The molecule has 0 aromatic carbocycles. The summed E-state index contributed by atoms with van der Waals surface area (Å²) in [5, 5.41) is 0. The van der Waals surface area contributed by atoms with Crippen LogP contribution in [0.1, 0.15) is 20.8 Å². The smallest absolute Gasteiger partial charge is 0.212 e. The Balaban J connectivity index is 2.45. The normalized spacial score (nSPS) is 20.8. The maximum absolute atomic E-state index is 5.30. The molecule has 1 heterocycles. The van der Waals surface area contributed by atoms with Gasteiger partial charge in [0.1, 0.15) is 6.61 Å². The predicted molar refractivity (Wildman–Crippen MR) is 48.2 cm³/mol. The van der Waals surface area contributed by atoms with Crippen molar-refractivity contribution in [1.29, 1.82) is 0 Å². The average molecular weight is 169 g/mol. The van der Waals surface area contributed by atoms with Crippen molar-refractivity contribution in [2.24, 2.45) is 4.99 Å². The van der Waals surface area contributed by atoms with Crippen LogP contribution in [0.25, 0.3) is 0 Å². The molecule has 3 heteroatoms. The number of hydrogen-bond donors (Lipinski definition) is 0. The molecule has 3 nitrogen and oxygen atoms in total. The van der Waals surface area contributed by atoms with Crippen LogP contribution in [0.3, 0.4) is 0 Å². The minimum absolute atomic E-state index is 0.0775. The van der Waals surface area contributed by atoms with E-state index < -0.39 is 0 Å². The van der Waals surface area contributed by atoms with E-state index in [0.29, 0.717) is 19.1 Å². The maximum atomic E-state index is 5.30. The van der Waals surface area contributed by atoms with E-state index in [0.717, 1.165) is 0 Å². The Morgan fingerprint density at radius 1 is 1.67 bits per heavy atom. The minimum Gasteiger partial charge on any atom is -0.501 e. The molecule has 0 saturated carbocycles. The molecule has 0 N–H and O–H groups in total. The van der Waals surface area contributed by atoms with Crippen molar-refractivity contribution in [2.45, 2.75) is 26.3 Å². The average Bonchev–Trinajstić information content (AvgIpc) is 2.31. The Bertz CT molecular complexity index is 207. The summed E-state index contributed by atoms with van der Waals surface area (Å²) in [6.45, 7) is 7.33. The molecule has 68 valence electrons. The fraction of sp³-hybridized carbons (Fsp3) is 0.667. The highest BCUT2D eigenvalue weighted by Gasteiger charge is 2.24. The Kier molecular flexibility index (Phi) is 2.74. The highest BCUT2D eigenvalue weighted by atomic mass is 16.5. The van der Waals surface area contributed by atoms with Crippen LogP contribution in [0.4, 0.5) is 0 Å². The van der Waals surface area contributed by atoms with Gasteiger partial charge in [-0.1, -0.05) is 0 Å². The molecule has 0 saturated heterocycles. The molecule has 0 spiro atoms. The first-order valence-electron chi connectivity index (χ1n) is 4.15. The number of hydrogen-bond acceptors (Lipinski definition) is 3. The number of nitrogens with zero attached hydrogens (tertiary/aromatic N) is 1. The predicted octanol–water partition coefficient (Wildman–Crippen LogP) is 1.74. The van der Waals surface area contributed by atoms with Crippen LogP contribution in [0.2, 0.25) is 0 Å². The van der Waals surface area contributed by atoms with E-state index in [-0.39, 0.29) is 5.54 Å². The van der Waals surface area contributed by atoms with Crippen LogP contribution >= 0.6 is 0 Å². The van der Waals surface area contributed by atoms with Crippen molar-refractivity contribution >= 4 is 5.90 Å². The molecule has 0 aliphatic carbocycles. The summed E-state index contributed by atoms with van der Waals surface area (Å²) >= 11 is 0. The second-order valence-corrected chi connectivity index (χ2v) is 3.31. The lowest BCUT2D eigenvalue weighted by atomic mass is 10.1. The largest absolute Gasteiger partial charge is 0.501 e. The lowest BCUT2D eigenvalue weighted by molar-refractivity contribution is 0.264. The Morgan fingerprint density at radius 3 is 2.92 bits per heavy atom. The summed E-state index contributed by atoms with van der Waals surface area (Å²) in [5.41, 5.74) is -0.0775. The fourth-order valence-electron chi connectivity index (χ4n) is 0.901. The molecule has 1 rings (SSSR count). The SMILES string of the molecule is CCO/C=C/C1=NC(C)(C)CO1. The molecule has 12 heavy (non-hydrogen) atoms. The maximum Gasteiger partial charge on any atom is 0.212 e. The van der Waals surface area contributed by atoms with E-state index in [1.54, 1.807) is 12.3 Å². The van der Waals surface area contributed by atoms with E-state index in [2.05, 4.69) is 4.99 Å². The minimum atomic E-state index is -0.0775.